The fraction of sp³-hybridized carbons (Fsp3) is 0.538. The predicted molar refractivity (Wildman–Crippen MR) is 73.7 cm³/mol. The monoisotopic (exact) mass is 263 g/mol. The van der Waals surface area contributed by atoms with E-state index in [1.54, 1.807) is 11.3 Å². The van der Waals surface area contributed by atoms with E-state index in [2.05, 4.69) is 16.8 Å². The molecular formula is C13H17N3OS. The molecule has 1 aliphatic rings. The third-order valence-corrected chi connectivity index (χ3v) is 4.53. The van der Waals surface area contributed by atoms with Crippen LogP contribution in [0.5, 0.6) is 0 Å². The van der Waals surface area contributed by atoms with Gasteiger partial charge in [-0.15, -0.1) is 11.3 Å². The molecule has 2 heterocycles. The number of aromatic nitrogens is 2. The molecule has 0 saturated heterocycles. The van der Waals surface area contributed by atoms with Gasteiger partial charge < -0.3 is 4.90 Å². The second-order valence-electron chi connectivity index (χ2n) is 4.83. The van der Waals surface area contributed by atoms with Crippen LogP contribution in [0.15, 0.2) is 11.6 Å². The van der Waals surface area contributed by atoms with Crippen LogP contribution in [0, 0.1) is 5.92 Å². The summed E-state index contributed by atoms with van der Waals surface area (Å²) in [4.78, 5) is 19.1. The Hall–Kier alpha value is -1.36. The van der Waals surface area contributed by atoms with E-state index in [0.717, 1.165) is 36.1 Å². The molecule has 1 fully saturated rings. The molecule has 96 valence electrons. The van der Waals surface area contributed by atoms with Gasteiger partial charge in [-0.3, -0.25) is 9.20 Å². The Balaban J connectivity index is 1.94. The summed E-state index contributed by atoms with van der Waals surface area (Å²) in [5.74, 6) is 1.63. The Morgan fingerprint density at radius 2 is 2.44 bits per heavy atom. The van der Waals surface area contributed by atoms with E-state index < -0.39 is 0 Å². The first kappa shape index (κ1) is 11.7. The Morgan fingerprint density at radius 3 is 3.06 bits per heavy atom. The van der Waals surface area contributed by atoms with Gasteiger partial charge in [-0.1, -0.05) is 6.42 Å². The molecule has 1 aliphatic carbocycles. The minimum Gasteiger partial charge on any atom is -0.355 e. The SMILES string of the molecule is CCN(CC1CCC1)c1nc2sccn2c1C=O. The molecule has 0 N–H and O–H groups in total. The lowest BCUT2D eigenvalue weighted by atomic mass is 9.85. The summed E-state index contributed by atoms with van der Waals surface area (Å²) in [5.41, 5.74) is 0.687. The summed E-state index contributed by atoms with van der Waals surface area (Å²) in [6.07, 6.45) is 6.81. The van der Waals surface area contributed by atoms with Crippen molar-refractivity contribution in [2.75, 3.05) is 18.0 Å². The van der Waals surface area contributed by atoms with Crippen LogP contribution < -0.4 is 4.90 Å². The van der Waals surface area contributed by atoms with Crippen molar-refractivity contribution in [3.63, 3.8) is 0 Å². The van der Waals surface area contributed by atoms with Crippen molar-refractivity contribution in [1.29, 1.82) is 0 Å². The van der Waals surface area contributed by atoms with E-state index in [1.807, 2.05) is 16.0 Å². The number of hydrogen-bond acceptors (Lipinski definition) is 4. The van der Waals surface area contributed by atoms with Gasteiger partial charge >= 0.3 is 0 Å². The summed E-state index contributed by atoms with van der Waals surface area (Å²) in [6.45, 7) is 4.06. The van der Waals surface area contributed by atoms with Gasteiger partial charge in [0.2, 0.25) is 0 Å². The molecule has 0 spiro atoms. The van der Waals surface area contributed by atoms with Crippen molar-refractivity contribution in [3.05, 3.63) is 17.3 Å². The van der Waals surface area contributed by atoms with Gasteiger partial charge in [0.25, 0.3) is 0 Å². The van der Waals surface area contributed by atoms with Crippen molar-refractivity contribution in [2.45, 2.75) is 26.2 Å². The summed E-state index contributed by atoms with van der Waals surface area (Å²) in [7, 11) is 0. The topological polar surface area (TPSA) is 37.6 Å². The maximum atomic E-state index is 11.3. The molecule has 2 aromatic rings. The summed E-state index contributed by atoms with van der Waals surface area (Å²) in [5, 5.41) is 1.96. The molecule has 3 rings (SSSR count). The lowest BCUT2D eigenvalue weighted by molar-refractivity contribution is 0.111. The van der Waals surface area contributed by atoms with E-state index in [-0.39, 0.29) is 0 Å². The predicted octanol–water partition coefficient (Wildman–Crippen LogP) is 2.83. The highest BCUT2D eigenvalue weighted by Crippen LogP contribution is 2.30. The van der Waals surface area contributed by atoms with Crippen molar-refractivity contribution in [2.24, 2.45) is 5.92 Å². The summed E-state index contributed by atoms with van der Waals surface area (Å²) in [6, 6.07) is 0. The number of fused-ring (bicyclic) bond motifs is 1. The van der Waals surface area contributed by atoms with Crippen molar-refractivity contribution < 1.29 is 4.79 Å². The Kier molecular flexibility index (Phi) is 3.07. The van der Waals surface area contributed by atoms with Crippen LogP contribution in [0.3, 0.4) is 0 Å². The first-order valence-electron chi connectivity index (χ1n) is 6.49. The first-order chi connectivity index (χ1) is 8.83. The second-order valence-corrected chi connectivity index (χ2v) is 5.70. The Bertz CT molecular complexity index is 556. The average molecular weight is 263 g/mol. The smallest absolute Gasteiger partial charge is 0.196 e. The molecule has 18 heavy (non-hydrogen) atoms. The fourth-order valence-electron chi connectivity index (χ4n) is 2.49. The van der Waals surface area contributed by atoms with Gasteiger partial charge in [0.15, 0.2) is 17.1 Å². The minimum atomic E-state index is 0.687. The van der Waals surface area contributed by atoms with Crippen molar-refractivity contribution in [1.82, 2.24) is 9.38 Å². The van der Waals surface area contributed by atoms with Crippen LogP contribution in [0.25, 0.3) is 4.96 Å². The van der Waals surface area contributed by atoms with Crippen LogP contribution in [0.4, 0.5) is 5.82 Å². The summed E-state index contributed by atoms with van der Waals surface area (Å²) >= 11 is 1.57. The zero-order valence-corrected chi connectivity index (χ0v) is 11.3. The molecule has 0 aliphatic heterocycles. The third kappa shape index (κ3) is 1.82. The minimum absolute atomic E-state index is 0.687. The van der Waals surface area contributed by atoms with E-state index >= 15 is 0 Å². The normalized spacial score (nSPS) is 15.8. The third-order valence-electron chi connectivity index (χ3n) is 3.78. The fourth-order valence-corrected chi connectivity index (χ4v) is 3.20. The zero-order valence-electron chi connectivity index (χ0n) is 10.5. The molecular weight excluding hydrogens is 246 g/mol. The molecule has 0 unspecified atom stereocenters. The number of aldehydes is 1. The maximum Gasteiger partial charge on any atom is 0.196 e. The molecule has 2 aromatic heterocycles. The number of hydrogen-bond donors (Lipinski definition) is 0. The van der Waals surface area contributed by atoms with E-state index in [4.69, 9.17) is 0 Å². The van der Waals surface area contributed by atoms with Crippen LogP contribution >= 0.6 is 11.3 Å². The number of carbonyl (C=O) groups excluding carboxylic acids is 1. The zero-order chi connectivity index (χ0) is 12.5. The molecule has 4 nitrogen and oxygen atoms in total. The number of rotatable bonds is 5. The van der Waals surface area contributed by atoms with Gasteiger partial charge in [-0.2, -0.15) is 0 Å². The van der Waals surface area contributed by atoms with E-state index in [9.17, 15) is 4.79 Å². The number of thiazole rings is 1. The largest absolute Gasteiger partial charge is 0.355 e. The standard InChI is InChI=1S/C13H17N3OS/c1-2-15(8-10-4-3-5-10)12-11(9-17)16-6-7-18-13(16)14-12/h6-7,9-10H,2-5,8H2,1H3. The average Bonchev–Trinajstić information content (AvgIpc) is 2.87. The van der Waals surface area contributed by atoms with Crippen LogP contribution in [-0.4, -0.2) is 28.8 Å². The number of anilines is 1. The molecule has 0 amide bonds. The van der Waals surface area contributed by atoms with E-state index in [0.29, 0.717) is 5.69 Å². The lowest BCUT2D eigenvalue weighted by Gasteiger charge is -2.32. The van der Waals surface area contributed by atoms with Crippen molar-refractivity contribution >= 4 is 28.4 Å². The summed E-state index contributed by atoms with van der Waals surface area (Å²) < 4.78 is 1.89. The molecule has 0 radical (unpaired) electrons. The molecule has 0 aromatic carbocycles. The lowest BCUT2D eigenvalue weighted by Crippen LogP contribution is -2.33. The first-order valence-corrected chi connectivity index (χ1v) is 7.37. The highest BCUT2D eigenvalue weighted by atomic mass is 32.1. The molecule has 0 atom stereocenters. The Labute approximate surface area is 110 Å². The van der Waals surface area contributed by atoms with Crippen LogP contribution in [-0.2, 0) is 0 Å². The second kappa shape index (κ2) is 4.72. The number of imidazole rings is 1. The maximum absolute atomic E-state index is 11.3. The quantitative estimate of drug-likeness (QED) is 0.778. The van der Waals surface area contributed by atoms with Crippen molar-refractivity contribution in [3.8, 4) is 0 Å². The van der Waals surface area contributed by atoms with Crippen LogP contribution in [0.2, 0.25) is 0 Å². The molecule has 5 heteroatoms. The van der Waals surface area contributed by atoms with Gasteiger partial charge in [0, 0.05) is 24.7 Å². The van der Waals surface area contributed by atoms with Gasteiger partial charge in [-0.25, -0.2) is 4.98 Å². The van der Waals surface area contributed by atoms with Gasteiger partial charge in [0.05, 0.1) is 0 Å². The van der Waals surface area contributed by atoms with Gasteiger partial charge in [-0.05, 0) is 25.7 Å². The highest BCUT2D eigenvalue weighted by Gasteiger charge is 2.24. The number of nitrogens with zero attached hydrogens (tertiary/aromatic N) is 3. The van der Waals surface area contributed by atoms with E-state index in [1.165, 1.54) is 19.3 Å². The van der Waals surface area contributed by atoms with Crippen LogP contribution in [0.1, 0.15) is 36.7 Å². The number of carbonyl (C=O) groups is 1. The van der Waals surface area contributed by atoms with Gasteiger partial charge in [0.1, 0.15) is 5.69 Å². The molecule has 1 saturated carbocycles. The molecule has 0 bridgehead atoms. The highest BCUT2D eigenvalue weighted by molar-refractivity contribution is 7.15. The Morgan fingerprint density at radius 1 is 1.61 bits per heavy atom.